The van der Waals surface area contributed by atoms with Crippen molar-refractivity contribution in [2.45, 2.75) is 6.42 Å². The average molecular weight is 314 g/mol. The summed E-state index contributed by atoms with van der Waals surface area (Å²) >= 11 is 1.48. The van der Waals surface area contributed by atoms with Crippen LogP contribution in [0.15, 0.2) is 36.7 Å². The zero-order chi connectivity index (χ0) is 15.1. The smallest absolute Gasteiger partial charge is 0.234 e. The molecule has 0 amide bonds. The topological polar surface area (TPSA) is 60.9 Å². The number of nitrogens with zero attached hydrogens (tertiary/aromatic N) is 6. The standard InChI is InChI=1S/C14H11FN6S/c1-20-8-10(7-16-20)13-17-18-14-21(13)19-12(22-14)6-9-2-4-11(15)5-3-9/h2-5,7-8H,6H2,1H3. The van der Waals surface area contributed by atoms with Gasteiger partial charge in [0.25, 0.3) is 0 Å². The maximum absolute atomic E-state index is 12.9. The normalized spacial score (nSPS) is 11.4. The number of aromatic nitrogens is 6. The van der Waals surface area contributed by atoms with E-state index in [1.807, 2.05) is 13.2 Å². The molecule has 22 heavy (non-hydrogen) atoms. The first-order valence-electron chi connectivity index (χ1n) is 6.63. The molecular formula is C14H11FN6S. The lowest BCUT2D eigenvalue weighted by Crippen LogP contribution is -1.93. The summed E-state index contributed by atoms with van der Waals surface area (Å²) in [6.07, 6.45) is 4.24. The van der Waals surface area contributed by atoms with Gasteiger partial charge < -0.3 is 0 Å². The van der Waals surface area contributed by atoms with E-state index in [0.717, 1.165) is 21.1 Å². The number of aryl methyl sites for hydroxylation is 1. The predicted octanol–water partition coefficient (Wildman–Crippen LogP) is 2.32. The molecule has 1 aromatic carbocycles. The van der Waals surface area contributed by atoms with Crippen LogP contribution in [0.5, 0.6) is 0 Å². The van der Waals surface area contributed by atoms with Crippen molar-refractivity contribution in [3.8, 4) is 11.4 Å². The van der Waals surface area contributed by atoms with Crippen molar-refractivity contribution in [2.75, 3.05) is 0 Å². The third-order valence-electron chi connectivity index (χ3n) is 3.26. The van der Waals surface area contributed by atoms with Crippen molar-refractivity contribution >= 4 is 16.3 Å². The van der Waals surface area contributed by atoms with E-state index in [-0.39, 0.29) is 5.82 Å². The SMILES string of the molecule is Cn1cc(-c2nnc3sc(Cc4ccc(F)cc4)nn23)cn1. The summed E-state index contributed by atoms with van der Waals surface area (Å²) in [4.78, 5) is 0.732. The van der Waals surface area contributed by atoms with Crippen LogP contribution in [0, 0.1) is 5.82 Å². The van der Waals surface area contributed by atoms with Gasteiger partial charge in [0.15, 0.2) is 5.82 Å². The number of fused-ring (bicyclic) bond motifs is 1. The Morgan fingerprint density at radius 3 is 2.73 bits per heavy atom. The minimum Gasteiger partial charge on any atom is -0.275 e. The first kappa shape index (κ1) is 13.1. The minimum absolute atomic E-state index is 0.235. The Morgan fingerprint density at radius 2 is 2.00 bits per heavy atom. The van der Waals surface area contributed by atoms with E-state index in [1.54, 1.807) is 27.5 Å². The Morgan fingerprint density at radius 1 is 1.18 bits per heavy atom. The van der Waals surface area contributed by atoms with Crippen LogP contribution in [0.2, 0.25) is 0 Å². The second kappa shape index (κ2) is 4.99. The van der Waals surface area contributed by atoms with Crippen LogP contribution in [-0.4, -0.2) is 29.6 Å². The van der Waals surface area contributed by atoms with Crippen LogP contribution >= 0.6 is 11.3 Å². The molecule has 0 saturated heterocycles. The van der Waals surface area contributed by atoms with Gasteiger partial charge in [0.05, 0.1) is 11.8 Å². The summed E-state index contributed by atoms with van der Waals surface area (Å²) in [5, 5.41) is 17.9. The van der Waals surface area contributed by atoms with Gasteiger partial charge in [0.2, 0.25) is 4.96 Å². The molecule has 0 aliphatic carbocycles. The molecule has 0 aliphatic heterocycles. The van der Waals surface area contributed by atoms with Gasteiger partial charge in [-0.25, -0.2) is 4.39 Å². The van der Waals surface area contributed by atoms with E-state index in [2.05, 4.69) is 20.4 Å². The third kappa shape index (κ3) is 2.27. The monoisotopic (exact) mass is 314 g/mol. The molecule has 0 atom stereocenters. The molecule has 0 saturated carbocycles. The Labute approximate surface area is 128 Å². The maximum Gasteiger partial charge on any atom is 0.234 e. The Bertz CT molecular complexity index is 936. The molecule has 0 unspecified atom stereocenters. The van der Waals surface area contributed by atoms with E-state index in [0.29, 0.717) is 12.2 Å². The molecule has 6 nitrogen and oxygen atoms in total. The van der Waals surface area contributed by atoms with Gasteiger partial charge in [0, 0.05) is 19.7 Å². The fraction of sp³-hybridized carbons (Fsp3) is 0.143. The molecule has 4 rings (SSSR count). The van der Waals surface area contributed by atoms with Gasteiger partial charge in [0.1, 0.15) is 10.8 Å². The Kier molecular flexibility index (Phi) is 2.97. The quantitative estimate of drug-likeness (QED) is 0.582. The molecule has 0 fully saturated rings. The summed E-state index contributed by atoms with van der Waals surface area (Å²) in [6, 6.07) is 6.44. The van der Waals surface area contributed by atoms with Gasteiger partial charge in [-0.2, -0.15) is 14.7 Å². The van der Waals surface area contributed by atoms with E-state index in [4.69, 9.17) is 0 Å². The van der Waals surface area contributed by atoms with Crippen molar-refractivity contribution in [1.29, 1.82) is 0 Å². The fourth-order valence-electron chi connectivity index (χ4n) is 2.22. The zero-order valence-corrected chi connectivity index (χ0v) is 12.5. The van der Waals surface area contributed by atoms with Crippen LogP contribution in [0.1, 0.15) is 10.6 Å². The molecule has 110 valence electrons. The summed E-state index contributed by atoms with van der Waals surface area (Å²) in [6.45, 7) is 0. The summed E-state index contributed by atoms with van der Waals surface area (Å²) in [5.74, 6) is 0.436. The highest BCUT2D eigenvalue weighted by atomic mass is 32.1. The number of hydrogen-bond donors (Lipinski definition) is 0. The van der Waals surface area contributed by atoms with Crippen LogP contribution in [0.4, 0.5) is 4.39 Å². The lowest BCUT2D eigenvalue weighted by Gasteiger charge is -1.96. The first-order chi connectivity index (χ1) is 10.7. The van der Waals surface area contributed by atoms with Gasteiger partial charge in [-0.1, -0.05) is 23.5 Å². The molecule has 4 aromatic rings. The van der Waals surface area contributed by atoms with Crippen molar-refractivity contribution in [3.05, 3.63) is 53.0 Å². The summed E-state index contributed by atoms with van der Waals surface area (Å²) < 4.78 is 16.4. The first-order valence-corrected chi connectivity index (χ1v) is 7.45. The van der Waals surface area contributed by atoms with Gasteiger partial charge in [-0.3, -0.25) is 4.68 Å². The van der Waals surface area contributed by atoms with E-state index in [1.165, 1.54) is 23.5 Å². The second-order valence-electron chi connectivity index (χ2n) is 4.92. The fourth-order valence-corrected chi connectivity index (χ4v) is 3.09. The second-order valence-corrected chi connectivity index (χ2v) is 5.96. The highest BCUT2D eigenvalue weighted by molar-refractivity contribution is 7.16. The minimum atomic E-state index is -0.235. The molecule has 0 aliphatic rings. The lowest BCUT2D eigenvalue weighted by molar-refractivity contribution is 0.627. The summed E-state index contributed by atoms with van der Waals surface area (Å²) in [5.41, 5.74) is 1.88. The lowest BCUT2D eigenvalue weighted by atomic mass is 10.2. The molecule has 3 aromatic heterocycles. The van der Waals surface area contributed by atoms with Gasteiger partial charge in [-0.15, -0.1) is 10.2 Å². The van der Waals surface area contributed by atoms with Crippen LogP contribution in [-0.2, 0) is 13.5 Å². The molecule has 3 heterocycles. The number of hydrogen-bond acceptors (Lipinski definition) is 5. The summed E-state index contributed by atoms with van der Waals surface area (Å²) in [7, 11) is 1.85. The highest BCUT2D eigenvalue weighted by Gasteiger charge is 2.14. The zero-order valence-electron chi connectivity index (χ0n) is 11.6. The Balaban J connectivity index is 1.69. The van der Waals surface area contributed by atoms with Crippen molar-refractivity contribution < 1.29 is 4.39 Å². The molecular weight excluding hydrogens is 303 g/mol. The van der Waals surface area contributed by atoms with E-state index < -0.39 is 0 Å². The third-order valence-corrected chi connectivity index (χ3v) is 4.16. The van der Waals surface area contributed by atoms with Crippen molar-refractivity contribution in [1.82, 2.24) is 29.6 Å². The van der Waals surface area contributed by atoms with Crippen molar-refractivity contribution in [2.24, 2.45) is 7.05 Å². The number of rotatable bonds is 3. The molecule has 0 radical (unpaired) electrons. The molecule has 0 bridgehead atoms. The predicted molar refractivity (Wildman–Crippen MR) is 80.1 cm³/mol. The largest absolute Gasteiger partial charge is 0.275 e. The van der Waals surface area contributed by atoms with Crippen LogP contribution in [0.25, 0.3) is 16.3 Å². The van der Waals surface area contributed by atoms with Crippen LogP contribution < -0.4 is 0 Å². The average Bonchev–Trinajstić information content (AvgIpc) is 3.17. The van der Waals surface area contributed by atoms with Crippen molar-refractivity contribution in [3.63, 3.8) is 0 Å². The Hall–Kier alpha value is -2.61. The molecule has 0 spiro atoms. The van der Waals surface area contributed by atoms with Gasteiger partial charge in [-0.05, 0) is 17.7 Å². The van der Waals surface area contributed by atoms with E-state index in [9.17, 15) is 4.39 Å². The molecule has 8 heteroatoms. The number of halogens is 1. The highest BCUT2D eigenvalue weighted by Crippen LogP contribution is 2.22. The maximum atomic E-state index is 12.9. The van der Waals surface area contributed by atoms with E-state index >= 15 is 0 Å². The number of benzene rings is 1. The van der Waals surface area contributed by atoms with Crippen LogP contribution in [0.3, 0.4) is 0 Å². The van der Waals surface area contributed by atoms with Gasteiger partial charge >= 0.3 is 0 Å². The molecule has 0 N–H and O–H groups in total.